The maximum absolute atomic E-state index is 11.5. The fourth-order valence-electron chi connectivity index (χ4n) is 2.61. The molecule has 1 aromatic rings. The van der Waals surface area contributed by atoms with Crippen LogP contribution in [0.1, 0.15) is 51.9 Å². The highest BCUT2D eigenvalue weighted by Gasteiger charge is 2.38. The van der Waals surface area contributed by atoms with Crippen molar-refractivity contribution in [1.82, 2.24) is 0 Å². The van der Waals surface area contributed by atoms with Gasteiger partial charge in [-0.2, -0.15) is 0 Å². The number of hydrogen-bond donors (Lipinski definition) is 0. The number of benzene rings is 1. The van der Waals surface area contributed by atoms with Gasteiger partial charge in [-0.05, 0) is 36.0 Å². The first-order valence-corrected chi connectivity index (χ1v) is 5.79. The summed E-state index contributed by atoms with van der Waals surface area (Å²) in [5.41, 5.74) is 4.54. The van der Waals surface area contributed by atoms with Gasteiger partial charge < -0.3 is 9.47 Å². The smallest absolute Gasteiger partial charge is 0.338 e. The summed E-state index contributed by atoms with van der Waals surface area (Å²) >= 11 is 0. The molecular weight excluding hydrogens is 204 g/mol. The van der Waals surface area contributed by atoms with Crippen molar-refractivity contribution in [2.75, 3.05) is 6.61 Å². The van der Waals surface area contributed by atoms with Crippen LogP contribution in [-0.2, 0) is 16.1 Å². The summed E-state index contributed by atoms with van der Waals surface area (Å²) in [6.45, 7) is 1.29. The fourth-order valence-corrected chi connectivity index (χ4v) is 2.61. The van der Waals surface area contributed by atoms with Crippen LogP contribution in [0, 0.1) is 0 Å². The molecule has 3 heteroatoms. The Morgan fingerprint density at radius 1 is 1.25 bits per heavy atom. The number of fused-ring (bicyclic) bond motifs is 1. The number of rotatable bonds is 2. The van der Waals surface area contributed by atoms with E-state index < -0.39 is 0 Å². The third-order valence-corrected chi connectivity index (χ3v) is 3.62. The summed E-state index contributed by atoms with van der Waals surface area (Å²) in [6, 6.07) is 3.95. The van der Waals surface area contributed by atoms with Gasteiger partial charge in [-0.25, -0.2) is 4.79 Å². The number of epoxide rings is 1. The predicted molar refractivity (Wildman–Crippen MR) is 56.2 cm³/mol. The largest absolute Gasteiger partial charge is 0.457 e. The van der Waals surface area contributed by atoms with Crippen molar-refractivity contribution in [2.45, 2.75) is 31.5 Å². The summed E-state index contributed by atoms with van der Waals surface area (Å²) in [6.07, 6.45) is 2.76. The molecule has 1 atom stereocenters. The van der Waals surface area contributed by atoms with Crippen LogP contribution in [0.15, 0.2) is 12.1 Å². The van der Waals surface area contributed by atoms with Crippen LogP contribution in [0.5, 0.6) is 0 Å². The SMILES string of the molecule is O=C1OCc2c1ccc([C@H]1CO1)c2C1CC1. The zero-order chi connectivity index (χ0) is 10.7. The monoisotopic (exact) mass is 216 g/mol. The predicted octanol–water partition coefficient (Wildman–Crippen LogP) is 2.31. The van der Waals surface area contributed by atoms with Gasteiger partial charge in [0.25, 0.3) is 0 Å². The Labute approximate surface area is 93.4 Å². The molecule has 3 aliphatic rings. The van der Waals surface area contributed by atoms with Crippen LogP contribution in [0.4, 0.5) is 0 Å². The molecule has 82 valence electrons. The molecule has 1 aromatic carbocycles. The van der Waals surface area contributed by atoms with Gasteiger partial charge in [0, 0.05) is 5.56 Å². The van der Waals surface area contributed by atoms with E-state index in [-0.39, 0.29) is 12.1 Å². The lowest BCUT2D eigenvalue weighted by Crippen LogP contribution is -1.99. The van der Waals surface area contributed by atoms with Crippen molar-refractivity contribution in [3.63, 3.8) is 0 Å². The summed E-state index contributed by atoms with van der Waals surface area (Å²) < 4.78 is 10.5. The Morgan fingerprint density at radius 3 is 2.75 bits per heavy atom. The number of carbonyl (C=O) groups excluding carboxylic acids is 1. The molecule has 2 heterocycles. The molecule has 0 radical (unpaired) electrons. The Kier molecular flexibility index (Phi) is 1.56. The number of esters is 1. The van der Waals surface area contributed by atoms with Crippen LogP contribution in [0.25, 0.3) is 0 Å². The minimum atomic E-state index is -0.167. The number of hydrogen-bond acceptors (Lipinski definition) is 3. The molecule has 0 unspecified atom stereocenters. The Hall–Kier alpha value is -1.35. The third-order valence-electron chi connectivity index (χ3n) is 3.62. The van der Waals surface area contributed by atoms with E-state index in [0.717, 1.165) is 17.7 Å². The third kappa shape index (κ3) is 1.15. The quantitative estimate of drug-likeness (QED) is 0.562. The van der Waals surface area contributed by atoms with E-state index in [1.807, 2.05) is 6.07 Å². The number of ether oxygens (including phenoxy) is 2. The first-order valence-electron chi connectivity index (χ1n) is 5.79. The molecule has 0 amide bonds. The summed E-state index contributed by atoms with van der Waals surface area (Å²) in [7, 11) is 0. The van der Waals surface area contributed by atoms with Gasteiger partial charge >= 0.3 is 5.97 Å². The Morgan fingerprint density at radius 2 is 2.06 bits per heavy atom. The molecule has 1 saturated heterocycles. The van der Waals surface area contributed by atoms with Crippen molar-refractivity contribution in [2.24, 2.45) is 0 Å². The van der Waals surface area contributed by atoms with Gasteiger partial charge in [-0.15, -0.1) is 0 Å². The second-order valence-corrected chi connectivity index (χ2v) is 4.77. The van der Waals surface area contributed by atoms with Gasteiger partial charge in [0.2, 0.25) is 0 Å². The maximum Gasteiger partial charge on any atom is 0.338 e. The summed E-state index contributed by atoms with van der Waals surface area (Å²) in [5.74, 6) is 0.476. The highest BCUT2D eigenvalue weighted by Crippen LogP contribution is 2.49. The first kappa shape index (κ1) is 8.76. The zero-order valence-electron chi connectivity index (χ0n) is 8.86. The highest BCUT2D eigenvalue weighted by molar-refractivity contribution is 5.94. The van der Waals surface area contributed by atoms with E-state index in [1.165, 1.54) is 24.0 Å². The maximum atomic E-state index is 11.5. The Bertz CT molecular complexity index is 484. The molecule has 0 aromatic heterocycles. The molecule has 16 heavy (non-hydrogen) atoms. The standard InChI is InChI=1S/C13H12O3/c14-13-8-3-4-9(11-6-15-11)12(7-1-2-7)10(8)5-16-13/h3-4,7,11H,1-2,5-6H2/t11-/m1/s1. The van der Waals surface area contributed by atoms with Gasteiger partial charge in [0.15, 0.2) is 0 Å². The molecule has 0 N–H and O–H groups in total. The number of carbonyl (C=O) groups is 1. The van der Waals surface area contributed by atoms with Crippen LogP contribution >= 0.6 is 0 Å². The number of cyclic esters (lactones) is 1. The lowest BCUT2D eigenvalue weighted by Gasteiger charge is -2.10. The van der Waals surface area contributed by atoms with Crippen molar-refractivity contribution in [1.29, 1.82) is 0 Å². The average Bonchev–Trinajstić information content (AvgIpc) is 3.16. The van der Waals surface area contributed by atoms with Crippen LogP contribution in [0.3, 0.4) is 0 Å². The fraction of sp³-hybridized carbons (Fsp3) is 0.462. The summed E-state index contributed by atoms with van der Waals surface area (Å²) in [4.78, 5) is 11.5. The van der Waals surface area contributed by atoms with Crippen molar-refractivity contribution < 1.29 is 14.3 Å². The van der Waals surface area contributed by atoms with Crippen molar-refractivity contribution >= 4 is 5.97 Å². The molecule has 4 rings (SSSR count). The van der Waals surface area contributed by atoms with E-state index in [2.05, 4.69) is 6.07 Å². The van der Waals surface area contributed by atoms with E-state index in [9.17, 15) is 4.79 Å². The average molecular weight is 216 g/mol. The molecular formula is C13H12O3. The lowest BCUT2D eigenvalue weighted by molar-refractivity contribution is 0.0534. The minimum Gasteiger partial charge on any atom is -0.457 e. The van der Waals surface area contributed by atoms with Crippen molar-refractivity contribution in [3.8, 4) is 0 Å². The van der Waals surface area contributed by atoms with E-state index in [4.69, 9.17) is 9.47 Å². The molecule has 1 saturated carbocycles. The van der Waals surface area contributed by atoms with E-state index >= 15 is 0 Å². The van der Waals surface area contributed by atoms with Gasteiger partial charge in [-0.1, -0.05) is 6.07 Å². The minimum absolute atomic E-state index is 0.167. The molecule has 2 aliphatic heterocycles. The second kappa shape index (κ2) is 2.86. The van der Waals surface area contributed by atoms with Gasteiger partial charge in [0.05, 0.1) is 12.2 Å². The molecule has 3 nitrogen and oxygen atoms in total. The first-order chi connectivity index (χ1) is 7.84. The molecule has 1 aliphatic carbocycles. The highest BCUT2D eigenvalue weighted by atomic mass is 16.6. The lowest BCUT2D eigenvalue weighted by atomic mass is 9.92. The molecule has 2 fully saturated rings. The van der Waals surface area contributed by atoms with E-state index in [0.29, 0.717) is 12.5 Å². The van der Waals surface area contributed by atoms with Crippen LogP contribution in [0.2, 0.25) is 0 Å². The summed E-state index contributed by atoms with van der Waals surface area (Å²) in [5, 5.41) is 0. The molecule has 0 bridgehead atoms. The topological polar surface area (TPSA) is 38.8 Å². The zero-order valence-corrected chi connectivity index (χ0v) is 8.86. The van der Waals surface area contributed by atoms with Gasteiger partial charge in [0.1, 0.15) is 12.7 Å². The molecule has 0 spiro atoms. The second-order valence-electron chi connectivity index (χ2n) is 4.77. The van der Waals surface area contributed by atoms with Crippen LogP contribution in [-0.4, -0.2) is 12.6 Å². The van der Waals surface area contributed by atoms with Crippen molar-refractivity contribution in [3.05, 3.63) is 34.4 Å². The van der Waals surface area contributed by atoms with Gasteiger partial charge in [-0.3, -0.25) is 0 Å². The van der Waals surface area contributed by atoms with Crippen LogP contribution < -0.4 is 0 Å². The normalized spacial score (nSPS) is 26.5. The van der Waals surface area contributed by atoms with E-state index in [1.54, 1.807) is 0 Å². The Balaban J connectivity index is 1.92.